The summed E-state index contributed by atoms with van der Waals surface area (Å²) in [7, 11) is 0. The van der Waals surface area contributed by atoms with Crippen molar-refractivity contribution in [3.63, 3.8) is 0 Å². The Morgan fingerprint density at radius 2 is 1.70 bits per heavy atom. The van der Waals surface area contributed by atoms with Gasteiger partial charge in [0.2, 0.25) is 5.82 Å². The first-order valence-electron chi connectivity index (χ1n) is 6.87. The Bertz CT molecular complexity index is 415. The van der Waals surface area contributed by atoms with Gasteiger partial charge in [0.1, 0.15) is 11.6 Å². The summed E-state index contributed by atoms with van der Waals surface area (Å²) in [6, 6.07) is 1.57. The number of anilines is 2. The molecule has 0 aromatic carbocycles. The number of aromatic nitrogens is 2. The van der Waals surface area contributed by atoms with Crippen molar-refractivity contribution in [3.05, 3.63) is 11.9 Å². The van der Waals surface area contributed by atoms with Gasteiger partial charge in [0.15, 0.2) is 0 Å². The molecule has 0 amide bonds. The lowest BCUT2D eigenvalue weighted by atomic mass is 10.3. The maximum Gasteiger partial charge on any atom is 0.451 e. The monoisotopic (exact) mass is 290 g/mol. The standard InChI is InChI=1S/C13H21F3N4/c1-4-7-20(8-5-2)11-9-10(17-6-3)18-12(19-11)13(14,15)16/h9H,4-8H2,1-3H3,(H,17,18,19). The summed E-state index contributed by atoms with van der Waals surface area (Å²) in [6.45, 7) is 7.64. The highest BCUT2D eigenvalue weighted by Gasteiger charge is 2.35. The fourth-order valence-corrected chi connectivity index (χ4v) is 1.88. The second-order valence-corrected chi connectivity index (χ2v) is 4.45. The molecule has 20 heavy (non-hydrogen) atoms. The average molecular weight is 290 g/mol. The molecule has 4 nitrogen and oxygen atoms in total. The summed E-state index contributed by atoms with van der Waals surface area (Å²) in [6.07, 6.45) is -2.84. The van der Waals surface area contributed by atoms with E-state index in [0.29, 0.717) is 25.5 Å². The van der Waals surface area contributed by atoms with E-state index >= 15 is 0 Å². The summed E-state index contributed by atoms with van der Waals surface area (Å²) in [4.78, 5) is 9.06. The molecule has 1 N–H and O–H groups in total. The van der Waals surface area contributed by atoms with Gasteiger partial charge < -0.3 is 10.2 Å². The number of nitrogens with zero attached hydrogens (tertiary/aromatic N) is 3. The van der Waals surface area contributed by atoms with Crippen molar-refractivity contribution in [1.82, 2.24) is 9.97 Å². The molecule has 114 valence electrons. The van der Waals surface area contributed by atoms with Crippen molar-refractivity contribution < 1.29 is 13.2 Å². The predicted octanol–water partition coefficient (Wildman–Crippen LogP) is 3.55. The molecule has 0 radical (unpaired) electrons. The fraction of sp³-hybridized carbons (Fsp3) is 0.692. The number of alkyl halides is 3. The second kappa shape index (κ2) is 7.31. The molecule has 1 rings (SSSR count). The van der Waals surface area contributed by atoms with Crippen LogP contribution in [0, 0.1) is 0 Å². The van der Waals surface area contributed by atoms with Crippen LogP contribution < -0.4 is 10.2 Å². The number of halogens is 3. The third-order valence-electron chi connectivity index (χ3n) is 2.64. The largest absolute Gasteiger partial charge is 0.451 e. The molecule has 0 spiro atoms. The molecule has 0 aliphatic rings. The highest BCUT2D eigenvalue weighted by atomic mass is 19.4. The third kappa shape index (κ3) is 4.54. The van der Waals surface area contributed by atoms with Crippen molar-refractivity contribution >= 4 is 11.6 Å². The van der Waals surface area contributed by atoms with Crippen LogP contribution in [0.25, 0.3) is 0 Å². The van der Waals surface area contributed by atoms with Crippen LogP contribution in [-0.2, 0) is 6.18 Å². The fourth-order valence-electron chi connectivity index (χ4n) is 1.88. The van der Waals surface area contributed by atoms with Gasteiger partial charge in [0, 0.05) is 25.7 Å². The number of nitrogens with one attached hydrogen (secondary N) is 1. The minimum atomic E-state index is -4.54. The molecule has 0 fully saturated rings. The molecule has 0 aliphatic carbocycles. The predicted molar refractivity (Wildman–Crippen MR) is 74.0 cm³/mol. The molecule has 1 heterocycles. The molecular formula is C13H21F3N4. The lowest BCUT2D eigenvalue weighted by Crippen LogP contribution is -2.27. The van der Waals surface area contributed by atoms with E-state index in [4.69, 9.17) is 0 Å². The quantitative estimate of drug-likeness (QED) is 0.833. The number of rotatable bonds is 7. The first-order chi connectivity index (χ1) is 9.42. The zero-order valence-corrected chi connectivity index (χ0v) is 12.1. The normalized spacial score (nSPS) is 11.5. The molecule has 1 aromatic rings. The van der Waals surface area contributed by atoms with Gasteiger partial charge >= 0.3 is 6.18 Å². The number of hydrogen-bond donors (Lipinski definition) is 1. The highest BCUT2D eigenvalue weighted by molar-refractivity contribution is 5.49. The molecule has 0 atom stereocenters. The van der Waals surface area contributed by atoms with E-state index in [9.17, 15) is 13.2 Å². The summed E-state index contributed by atoms with van der Waals surface area (Å²) in [5.41, 5.74) is 0. The summed E-state index contributed by atoms with van der Waals surface area (Å²) in [5.74, 6) is -0.558. The van der Waals surface area contributed by atoms with Gasteiger partial charge in [-0.05, 0) is 19.8 Å². The molecule has 0 aliphatic heterocycles. The molecule has 0 bridgehead atoms. The Morgan fingerprint density at radius 1 is 1.10 bits per heavy atom. The third-order valence-corrected chi connectivity index (χ3v) is 2.64. The molecule has 0 saturated heterocycles. The molecule has 0 unspecified atom stereocenters. The lowest BCUT2D eigenvalue weighted by molar-refractivity contribution is -0.144. The topological polar surface area (TPSA) is 41.0 Å². The van der Waals surface area contributed by atoms with Gasteiger partial charge in [0.25, 0.3) is 0 Å². The average Bonchev–Trinajstić information content (AvgIpc) is 2.37. The van der Waals surface area contributed by atoms with Crippen LogP contribution >= 0.6 is 0 Å². The summed E-state index contributed by atoms with van der Waals surface area (Å²) in [5, 5.41) is 2.82. The highest BCUT2D eigenvalue weighted by Crippen LogP contribution is 2.29. The number of hydrogen-bond acceptors (Lipinski definition) is 4. The lowest BCUT2D eigenvalue weighted by Gasteiger charge is -2.23. The van der Waals surface area contributed by atoms with Crippen molar-refractivity contribution in [2.24, 2.45) is 0 Å². The maximum atomic E-state index is 12.9. The van der Waals surface area contributed by atoms with Gasteiger partial charge in [0.05, 0.1) is 0 Å². The van der Waals surface area contributed by atoms with Crippen molar-refractivity contribution in [1.29, 1.82) is 0 Å². The smallest absolute Gasteiger partial charge is 0.370 e. The SMILES string of the molecule is CCCN(CCC)c1cc(NCC)nc(C(F)(F)F)n1. The Balaban J connectivity index is 3.18. The van der Waals surface area contributed by atoms with Crippen molar-refractivity contribution in [3.8, 4) is 0 Å². The van der Waals surface area contributed by atoms with Gasteiger partial charge in [-0.1, -0.05) is 13.8 Å². The van der Waals surface area contributed by atoms with Crippen molar-refractivity contribution in [2.45, 2.75) is 39.8 Å². The van der Waals surface area contributed by atoms with E-state index in [1.54, 1.807) is 6.07 Å². The van der Waals surface area contributed by atoms with E-state index in [0.717, 1.165) is 12.8 Å². The molecule has 7 heteroatoms. The van der Waals surface area contributed by atoms with Crippen LogP contribution in [0.4, 0.5) is 24.8 Å². The van der Waals surface area contributed by atoms with Gasteiger partial charge in [-0.25, -0.2) is 9.97 Å². The van der Waals surface area contributed by atoms with Crippen LogP contribution in [0.5, 0.6) is 0 Å². The Kier molecular flexibility index (Phi) is 6.04. The van der Waals surface area contributed by atoms with Crippen LogP contribution in [0.3, 0.4) is 0 Å². The molecule has 1 aromatic heterocycles. The summed E-state index contributed by atoms with van der Waals surface area (Å²) < 4.78 is 38.6. The van der Waals surface area contributed by atoms with E-state index in [1.807, 2.05) is 25.7 Å². The van der Waals surface area contributed by atoms with Gasteiger partial charge in [-0.3, -0.25) is 0 Å². The van der Waals surface area contributed by atoms with E-state index in [-0.39, 0.29) is 5.82 Å². The first-order valence-corrected chi connectivity index (χ1v) is 6.87. The zero-order chi connectivity index (χ0) is 15.2. The zero-order valence-electron chi connectivity index (χ0n) is 12.1. The summed E-state index contributed by atoms with van der Waals surface area (Å²) >= 11 is 0. The minimum absolute atomic E-state index is 0.210. The minimum Gasteiger partial charge on any atom is -0.370 e. The van der Waals surface area contributed by atoms with Crippen LogP contribution in [0.1, 0.15) is 39.4 Å². The van der Waals surface area contributed by atoms with Crippen LogP contribution in [0.2, 0.25) is 0 Å². The second-order valence-electron chi connectivity index (χ2n) is 4.45. The van der Waals surface area contributed by atoms with Gasteiger partial charge in [-0.15, -0.1) is 0 Å². The molecular weight excluding hydrogens is 269 g/mol. The maximum absolute atomic E-state index is 12.9. The first kappa shape index (κ1) is 16.5. The van der Waals surface area contributed by atoms with E-state index in [1.165, 1.54) is 0 Å². The van der Waals surface area contributed by atoms with E-state index in [2.05, 4.69) is 15.3 Å². The molecule has 0 saturated carbocycles. The van der Waals surface area contributed by atoms with Crippen molar-refractivity contribution in [2.75, 3.05) is 29.9 Å². The Hall–Kier alpha value is -1.53. The Morgan fingerprint density at radius 3 is 2.15 bits per heavy atom. The van der Waals surface area contributed by atoms with Crippen LogP contribution in [-0.4, -0.2) is 29.6 Å². The van der Waals surface area contributed by atoms with E-state index < -0.39 is 12.0 Å². The van der Waals surface area contributed by atoms with Gasteiger partial charge in [-0.2, -0.15) is 13.2 Å². The van der Waals surface area contributed by atoms with Crippen LogP contribution in [0.15, 0.2) is 6.07 Å². The Labute approximate surface area is 117 Å².